The van der Waals surface area contributed by atoms with Crippen LogP contribution in [0, 0.1) is 28.9 Å². The molecule has 3 aromatic carbocycles. The summed E-state index contributed by atoms with van der Waals surface area (Å²) in [6.45, 7) is 5.90. The number of carbonyl (C=O) groups excluding carboxylic acids is 2. The van der Waals surface area contributed by atoms with Crippen LogP contribution in [0.2, 0.25) is 0 Å². The average Bonchev–Trinajstić information content (AvgIpc) is 3.09. The van der Waals surface area contributed by atoms with E-state index in [0.717, 1.165) is 22.3 Å². The van der Waals surface area contributed by atoms with Crippen molar-refractivity contribution in [1.29, 1.82) is 0 Å². The summed E-state index contributed by atoms with van der Waals surface area (Å²) >= 11 is 0. The maximum Gasteiger partial charge on any atom is 0.271 e. The van der Waals surface area contributed by atoms with Gasteiger partial charge in [-0.3, -0.25) is 19.7 Å². The highest BCUT2D eigenvalue weighted by molar-refractivity contribution is 6.24. The zero-order valence-electron chi connectivity index (χ0n) is 18.5. The minimum atomic E-state index is -0.675. The van der Waals surface area contributed by atoms with Gasteiger partial charge in [0, 0.05) is 23.0 Å². The Labute approximate surface area is 191 Å². The first-order valence-electron chi connectivity index (χ1n) is 11.0. The van der Waals surface area contributed by atoms with Crippen LogP contribution in [0.3, 0.4) is 0 Å². The Kier molecular flexibility index (Phi) is 3.71. The molecule has 7 rings (SSSR count). The Morgan fingerprint density at radius 2 is 1.21 bits per heavy atom. The molecule has 4 aliphatic rings. The maximum absolute atomic E-state index is 14.1. The molecule has 0 spiro atoms. The van der Waals surface area contributed by atoms with Crippen molar-refractivity contribution in [2.75, 3.05) is 4.90 Å². The van der Waals surface area contributed by atoms with E-state index in [-0.39, 0.29) is 17.5 Å². The summed E-state index contributed by atoms with van der Waals surface area (Å²) in [6.07, 6.45) is 0. The first kappa shape index (κ1) is 19.9. The second-order valence-corrected chi connectivity index (χ2v) is 9.69. The molecule has 6 heteroatoms. The van der Waals surface area contributed by atoms with Gasteiger partial charge in [-0.15, -0.1) is 0 Å². The first-order valence-corrected chi connectivity index (χ1v) is 11.0. The number of anilines is 1. The second-order valence-electron chi connectivity index (χ2n) is 9.69. The molecule has 1 fully saturated rings. The monoisotopic (exact) mass is 438 g/mol. The fourth-order valence-corrected chi connectivity index (χ4v) is 6.76. The molecule has 2 bridgehead atoms. The number of nitro groups is 1. The van der Waals surface area contributed by atoms with E-state index in [1.807, 2.05) is 24.3 Å². The van der Waals surface area contributed by atoms with Gasteiger partial charge < -0.3 is 0 Å². The van der Waals surface area contributed by atoms with Crippen molar-refractivity contribution in [2.24, 2.45) is 11.8 Å². The van der Waals surface area contributed by atoms with E-state index in [0.29, 0.717) is 11.3 Å². The molecule has 2 atom stereocenters. The van der Waals surface area contributed by atoms with Crippen LogP contribution in [0.4, 0.5) is 11.4 Å². The number of carbonyl (C=O) groups is 2. The number of hydrogen-bond acceptors (Lipinski definition) is 4. The van der Waals surface area contributed by atoms with Crippen molar-refractivity contribution < 1.29 is 14.5 Å². The normalized spacial score (nSPS) is 29.0. The standard InChI is InChI=1S/C27H22N2O4/c1-15-12-13-16(29(32)33)14-21(15)28-24(30)22-23(25(28)31)27(3)19-10-6-4-8-17(19)26(22,2)18-9-5-7-11-20(18)27/h4-14,22-23H,1-3H3/t22-,23-,26?,27?/m1/s1. The third kappa shape index (κ3) is 2.14. The molecular formula is C27H22N2O4. The zero-order chi connectivity index (χ0) is 23.3. The predicted molar refractivity (Wildman–Crippen MR) is 123 cm³/mol. The summed E-state index contributed by atoms with van der Waals surface area (Å²) in [7, 11) is 0. The maximum atomic E-state index is 14.1. The minimum Gasteiger partial charge on any atom is -0.274 e. The molecule has 0 N–H and O–H groups in total. The van der Waals surface area contributed by atoms with Crippen LogP contribution >= 0.6 is 0 Å². The van der Waals surface area contributed by atoms with Crippen molar-refractivity contribution >= 4 is 23.2 Å². The molecule has 3 aliphatic carbocycles. The third-order valence-corrected chi connectivity index (χ3v) is 8.29. The Balaban J connectivity index is 1.64. The van der Waals surface area contributed by atoms with E-state index in [9.17, 15) is 19.7 Å². The average molecular weight is 438 g/mol. The van der Waals surface area contributed by atoms with Crippen LogP contribution in [0.1, 0.15) is 41.7 Å². The number of non-ortho nitro benzene ring substituents is 1. The van der Waals surface area contributed by atoms with E-state index in [2.05, 4.69) is 38.1 Å². The highest BCUT2D eigenvalue weighted by Crippen LogP contribution is 2.66. The van der Waals surface area contributed by atoms with E-state index in [1.54, 1.807) is 13.0 Å². The summed E-state index contributed by atoms with van der Waals surface area (Å²) in [5.74, 6) is -1.74. The van der Waals surface area contributed by atoms with Gasteiger partial charge in [0.15, 0.2) is 0 Å². The molecule has 3 aromatic rings. The molecule has 1 heterocycles. The number of rotatable bonds is 2. The number of benzene rings is 3. The van der Waals surface area contributed by atoms with Crippen LogP contribution in [-0.2, 0) is 20.4 Å². The van der Waals surface area contributed by atoms with Gasteiger partial charge in [0.1, 0.15) is 0 Å². The van der Waals surface area contributed by atoms with Gasteiger partial charge in [0.25, 0.3) is 5.69 Å². The number of amides is 2. The number of aryl methyl sites for hydroxylation is 1. The van der Waals surface area contributed by atoms with Crippen molar-refractivity contribution in [2.45, 2.75) is 31.6 Å². The van der Waals surface area contributed by atoms with Crippen LogP contribution in [0.25, 0.3) is 0 Å². The van der Waals surface area contributed by atoms with Gasteiger partial charge in [0.05, 0.1) is 22.4 Å². The lowest BCUT2D eigenvalue weighted by Crippen LogP contribution is -2.59. The summed E-state index contributed by atoms with van der Waals surface area (Å²) in [6, 6.07) is 20.5. The van der Waals surface area contributed by atoms with Gasteiger partial charge in [0.2, 0.25) is 11.8 Å². The van der Waals surface area contributed by atoms with Crippen LogP contribution in [-0.4, -0.2) is 16.7 Å². The van der Waals surface area contributed by atoms with Gasteiger partial charge in [-0.1, -0.05) is 68.4 Å². The van der Waals surface area contributed by atoms with E-state index >= 15 is 0 Å². The van der Waals surface area contributed by atoms with E-state index in [4.69, 9.17) is 0 Å². The lowest BCUT2D eigenvalue weighted by Gasteiger charge is -2.57. The molecule has 164 valence electrons. The number of nitro benzene ring substituents is 1. The summed E-state index contributed by atoms with van der Waals surface area (Å²) in [5, 5.41) is 11.4. The molecule has 0 saturated carbocycles. The fourth-order valence-electron chi connectivity index (χ4n) is 6.76. The SMILES string of the molecule is Cc1ccc([N+](=O)[O-])cc1N1C(=O)[C@H]2[C@H](C1=O)C1(C)c3ccccc3C2(C)c2ccccc21. The van der Waals surface area contributed by atoms with Gasteiger partial charge in [-0.05, 0) is 34.7 Å². The summed E-state index contributed by atoms with van der Waals surface area (Å²) in [4.78, 5) is 40.3. The van der Waals surface area contributed by atoms with Crippen molar-refractivity contribution in [3.05, 3.63) is 105 Å². The first-order chi connectivity index (χ1) is 15.7. The van der Waals surface area contributed by atoms with Gasteiger partial charge in [-0.25, -0.2) is 4.90 Å². The lowest BCUT2D eigenvalue weighted by molar-refractivity contribution is -0.384. The Hall–Kier alpha value is -3.80. The molecule has 0 aromatic heterocycles. The quantitative estimate of drug-likeness (QED) is 0.331. The molecule has 1 aliphatic heterocycles. The van der Waals surface area contributed by atoms with E-state index < -0.39 is 27.6 Å². The largest absolute Gasteiger partial charge is 0.274 e. The smallest absolute Gasteiger partial charge is 0.271 e. The number of imide groups is 1. The van der Waals surface area contributed by atoms with E-state index in [1.165, 1.54) is 17.0 Å². The highest BCUT2D eigenvalue weighted by atomic mass is 16.6. The Bertz CT molecular complexity index is 1290. The number of nitrogens with zero attached hydrogens (tertiary/aromatic N) is 2. The fraction of sp³-hybridized carbons (Fsp3) is 0.259. The zero-order valence-corrected chi connectivity index (χ0v) is 18.5. The highest BCUT2D eigenvalue weighted by Gasteiger charge is 2.70. The lowest BCUT2D eigenvalue weighted by atomic mass is 9.42. The topological polar surface area (TPSA) is 80.5 Å². The van der Waals surface area contributed by atoms with Crippen LogP contribution in [0.15, 0.2) is 66.7 Å². The van der Waals surface area contributed by atoms with Crippen molar-refractivity contribution in [1.82, 2.24) is 0 Å². The third-order valence-electron chi connectivity index (χ3n) is 8.29. The second kappa shape index (κ2) is 6.16. The Morgan fingerprint density at radius 3 is 1.61 bits per heavy atom. The van der Waals surface area contributed by atoms with Gasteiger partial charge in [-0.2, -0.15) is 0 Å². The molecule has 33 heavy (non-hydrogen) atoms. The summed E-state index contributed by atoms with van der Waals surface area (Å²) in [5.41, 5.74) is 3.76. The number of hydrogen-bond donors (Lipinski definition) is 0. The molecule has 2 amide bonds. The molecule has 0 radical (unpaired) electrons. The van der Waals surface area contributed by atoms with Crippen LogP contribution < -0.4 is 4.90 Å². The van der Waals surface area contributed by atoms with Crippen LogP contribution in [0.5, 0.6) is 0 Å². The predicted octanol–water partition coefficient (Wildman–Crippen LogP) is 4.65. The molecule has 6 nitrogen and oxygen atoms in total. The Morgan fingerprint density at radius 1 is 0.788 bits per heavy atom. The van der Waals surface area contributed by atoms with Gasteiger partial charge >= 0.3 is 0 Å². The minimum absolute atomic E-state index is 0.141. The van der Waals surface area contributed by atoms with Crippen molar-refractivity contribution in [3.8, 4) is 0 Å². The molecule has 0 unspecified atom stereocenters. The molecule has 1 saturated heterocycles. The summed E-state index contributed by atoms with van der Waals surface area (Å²) < 4.78 is 0. The van der Waals surface area contributed by atoms with Crippen molar-refractivity contribution in [3.63, 3.8) is 0 Å². The molecular weight excluding hydrogens is 416 g/mol.